The molecule has 0 N–H and O–H groups in total. The summed E-state index contributed by atoms with van der Waals surface area (Å²) in [5.41, 5.74) is 0. The number of hydrogen-bond acceptors (Lipinski definition) is 0. The van der Waals surface area contributed by atoms with Crippen molar-refractivity contribution in [3.05, 3.63) is 24.3 Å². The summed E-state index contributed by atoms with van der Waals surface area (Å²) < 4.78 is 0. The first kappa shape index (κ1) is 9.96. The topological polar surface area (TPSA) is 0 Å². The minimum atomic E-state index is 1.08. The molecule has 0 aromatic carbocycles. The summed E-state index contributed by atoms with van der Waals surface area (Å²) in [6, 6.07) is 0. The van der Waals surface area contributed by atoms with Crippen LogP contribution in [0.1, 0.15) is 26.2 Å². The highest BCUT2D eigenvalue weighted by Gasteiger charge is 1.76. The predicted molar refractivity (Wildman–Crippen MR) is 51.6 cm³/mol. The maximum absolute atomic E-state index is 3.38. The summed E-state index contributed by atoms with van der Waals surface area (Å²) >= 11 is 3.38. The van der Waals surface area contributed by atoms with Crippen LogP contribution in [0, 0.1) is 0 Å². The average molecular weight is 203 g/mol. The molecule has 0 rings (SSSR count). The van der Waals surface area contributed by atoms with Crippen molar-refractivity contribution < 1.29 is 0 Å². The van der Waals surface area contributed by atoms with Crippen LogP contribution in [0.4, 0.5) is 0 Å². The molecule has 0 aromatic rings. The van der Waals surface area contributed by atoms with Gasteiger partial charge in [-0.05, 0) is 26.2 Å². The molecule has 0 unspecified atom stereocenters. The second kappa shape index (κ2) is 8.96. The van der Waals surface area contributed by atoms with Crippen molar-refractivity contribution in [1.29, 1.82) is 0 Å². The van der Waals surface area contributed by atoms with Crippen molar-refractivity contribution in [2.24, 2.45) is 0 Å². The fourth-order valence-corrected chi connectivity index (χ4v) is 0.947. The first-order valence-electron chi connectivity index (χ1n) is 3.74. The van der Waals surface area contributed by atoms with Crippen molar-refractivity contribution >= 4 is 15.9 Å². The summed E-state index contributed by atoms with van der Waals surface area (Å²) in [5, 5.41) is 1.11. The maximum Gasteiger partial charge on any atom is 0.00342 e. The second-order valence-corrected chi connectivity index (χ2v) is 2.90. The van der Waals surface area contributed by atoms with Crippen LogP contribution in [0.25, 0.3) is 0 Å². The summed E-state index contributed by atoms with van der Waals surface area (Å²) in [4.78, 5) is 0. The normalized spacial score (nSPS) is 11.8. The molecule has 0 spiro atoms. The van der Waals surface area contributed by atoms with Gasteiger partial charge in [-0.25, -0.2) is 0 Å². The van der Waals surface area contributed by atoms with Gasteiger partial charge >= 0.3 is 0 Å². The van der Waals surface area contributed by atoms with Crippen LogP contribution in [0.2, 0.25) is 0 Å². The van der Waals surface area contributed by atoms with E-state index in [4.69, 9.17) is 0 Å². The lowest BCUT2D eigenvalue weighted by molar-refractivity contribution is 0.974. The minimum absolute atomic E-state index is 1.08. The van der Waals surface area contributed by atoms with Crippen molar-refractivity contribution in [3.8, 4) is 0 Å². The quantitative estimate of drug-likeness (QED) is 0.363. The molecule has 58 valence electrons. The Labute approximate surface area is 72.1 Å². The molecule has 0 atom stereocenters. The molecule has 0 fully saturated rings. The van der Waals surface area contributed by atoms with Gasteiger partial charge in [-0.1, -0.05) is 40.2 Å². The van der Waals surface area contributed by atoms with Gasteiger partial charge in [0.05, 0.1) is 0 Å². The Bertz CT molecular complexity index is 103. The number of alkyl halides is 1. The summed E-state index contributed by atoms with van der Waals surface area (Å²) in [7, 11) is 0. The molecule has 0 aliphatic carbocycles. The SMILES string of the molecule is C/C=C/C/C=C/CCCBr. The smallest absolute Gasteiger partial charge is 0.00342 e. The molecule has 0 radical (unpaired) electrons. The second-order valence-electron chi connectivity index (χ2n) is 2.11. The molecule has 0 aliphatic heterocycles. The largest absolute Gasteiger partial charge is 0.0928 e. The van der Waals surface area contributed by atoms with Crippen LogP contribution in [0.15, 0.2) is 24.3 Å². The summed E-state index contributed by atoms with van der Waals surface area (Å²) in [6.45, 7) is 2.05. The summed E-state index contributed by atoms with van der Waals surface area (Å²) in [6.07, 6.45) is 12.2. The summed E-state index contributed by atoms with van der Waals surface area (Å²) in [5.74, 6) is 0. The zero-order valence-corrected chi connectivity index (χ0v) is 8.10. The standard InChI is InChI=1S/C9H15Br/c1-2-3-4-5-6-7-8-9-10/h2-3,5-6H,4,7-9H2,1H3/b3-2+,6-5+. The molecule has 0 bridgehead atoms. The molecule has 0 saturated carbocycles. The first-order valence-corrected chi connectivity index (χ1v) is 4.86. The average Bonchev–Trinajstić information content (AvgIpc) is 1.97. The molecular formula is C9H15Br. The fourth-order valence-electron chi connectivity index (χ4n) is 0.624. The zero-order valence-electron chi connectivity index (χ0n) is 6.52. The third kappa shape index (κ3) is 7.96. The molecule has 0 amide bonds. The molecule has 0 saturated heterocycles. The van der Waals surface area contributed by atoms with Gasteiger partial charge in [0.15, 0.2) is 0 Å². The van der Waals surface area contributed by atoms with Gasteiger partial charge in [0.25, 0.3) is 0 Å². The monoisotopic (exact) mass is 202 g/mol. The van der Waals surface area contributed by atoms with Gasteiger partial charge in [-0.3, -0.25) is 0 Å². The lowest BCUT2D eigenvalue weighted by Crippen LogP contribution is -1.69. The van der Waals surface area contributed by atoms with Gasteiger partial charge in [0.2, 0.25) is 0 Å². The Morgan fingerprint density at radius 3 is 2.60 bits per heavy atom. The van der Waals surface area contributed by atoms with E-state index in [1.165, 1.54) is 12.8 Å². The van der Waals surface area contributed by atoms with Crippen LogP contribution >= 0.6 is 15.9 Å². The van der Waals surface area contributed by atoms with Crippen LogP contribution in [-0.4, -0.2) is 5.33 Å². The molecular weight excluding hydrogens is 188 g/mol. The Hall–Kier alpha value is -0.0400. The lowest BCUT2D eigenvalue weighted by atomic mass is 10.3. The van der Waals surface area contributed by atoms with Crippen LogP contribution in [0.5, 0.6) is 0 Å². The molecule has 0 aromatic heterocycles. The Morgan fingerprint density at radius 2 is 2.00 bits per heavy atom. The number of hydrogen-bond donors (Lipinski definition) is 0. The third-order valence-electron chi connectivity index (χ3n) is 1.18. The molecule has 0 heterocycles. The molecule has 10 heavy (non-hydrogen) atoms. The molecule has 0 nitrogen and oxygen atoms in total. The maximum atomic E-state index is 3.38. The number of unbranched alkanes of at least 4 members (excludes halogenated alkanes) is 1. The van der Waals surface area contributed by atoms with E-state index < -0.39 is 0 Å². The highest BCUT2D eigenvalue weighted by molar-refractivity contribution is 9.09. The van der Waals surface area contributed by atoms with E-state index in [-0.39, 0.29) is 0 Å². The van der Waals surface area contributed by atoms with Crippen LogP contribution in [0.3, 0.4) is 0 Å². The van der Waals surface area contributed by atoms with Gasteiger partial charge in [-0.15, -0.1) is 0 Å². The van der Waals surface area contributed by atoms with Crippen molar-refractivity contribution in [3.63, 3.8) is 0 Å². The van der Waals surface area contributed by atoms with E-state index in [0.717, 1.165) is 11.8 Å². The van der Waals surface area contributed by atoms with E-state index in [9.17, 15) is 0 Å². The highest BCUT2D eigenvalue weighted by atomic mass is 79.9. The first-order chi connectivity index (χ1) is 4.91. The minimum Gasteiger partial charge on any atom is -0.0928 e. The van der Waals surface area contributed by atoms with E-state index in [1.807, 2.05) is 6.92 Å². The Kier molecular flexibility index (Phi) is 8.92. The Balaban J connectivity index is 3.04. The van der Waals surface area contributed by atoms with E-state index in [0.29, 0.717) is 0 Å². The van der Waals surface area contributed by atoms with Gasteiger partial charge < -0.3 is 0 Å². The van der Waals surface area contributed by atoms with E-state index in [2.05, 4.69) is 40.2 Å². The Morgan fingerprint density at radius 1 is 1.20 bits per heavy atom. The van der Waals surface area contributed by atoms with Crippen LogP contribution in [-0.2, 0) is 0 Å². The number of rotatable bonds is 5. The van der Waals surface area contributed by atoms with Crippen molar-refractivity contribution in [2.45, 2.75) is 26.2 Å². The van der Waals surface area contributed by atoms with Crippen LogP contribution < -0.4 is 0 Å². The fraction of sp³-hybridized carbons (Fsp3) is 0.556. The predicted octanol–water partition coefficient (Wildman–Crippen LogP) is 3.68. The van der Waals surface area contributed by atoms with E-state index in [1.54, 1.807) is 0 Å². The van der Waals surface area contributed by atoms with Crippen molar-refractivity contribution in [1.82, 2.24) is 0 Å². The van der Waals surface area contributed by atoms with Gasteiger partial charge in [-0.2, -0.15) is 0 Å². The zero-order chi connectivity index (χ0) is 7.66. The number of halogens is 1. The number of allylic oxidation sites excluding steroid dienone is 4. The third-order valence-corrected chi connectivity index (χ3v) is 1.74. The van der Waals surface area contributed by atoms with Gasteiger partial charge in [0.1, 0.15) is 0 Å². The van der Waals surface area contributed by atoms with Gasteiger partial charge in [0, 0.05) is 5.33 Å². The lowest BCUT2D eigenvalue weighted by Gasteiger charge is -1.85. The molecule has 1 heteroatoms. The molecule has 0 aliphatic rings. The van der Waals surface area contributed by atoms with Crippen molar-refractivity contribution in [2.75, 3.05) is 5.33 Å². The highest BCUT2D eigenvalue weighted by Crippen LogP contribution is 1.96. The van der Waals surface area contributed by atoms with E-state index >= 15 is 0 Å².